The first kappa shape index (κ1) is 32.3. The number of nitrogens with one attached hydrogen (secondary N) is 4. The molecule has 0 saturated carbocycles. The van der Waals surface area contributed by atoms with Gasteiger partial charge in [-0.15, -0.1) is 0 Å². The van der Waals surface area contributed by atoms with Crippen LogP contribution in [-0.2, 0) is 48.1 Å². The van der Waals surface area contributed by atoms with Crippen LogP contribution in [0.1, 0.15) is 23.6 Å². The van der Waals surface area contributed by atoms with Crippen LogP contribution in [0.3, 0.4) is 0 Å². The monoisotopic (exact) mass is 588 g/mol. The van der Waals surface area contributed by atoms with Gasteiger partial charge in [-0.3, -0.25) is 19.2 Å². The van der Waals surface area contributed by atoms with Crippen molar-refractivity contribution in [3.8, 4) is 0 Å². The standard InChI is InChI=1S/C32H36N4O7/c1-2-42-29(38)21-33-30(39)26(18-23-12-6-3-7-13-23)36-31(40)27(19-24-14-8-4-9-15-24)35-28(37)20-34-32(41)43-22-25-16-10-5-11-17-25/h3-17,26-27H,2,18-22H2,1H3,(H,33,39)(H,34,41)(H,35,37)(H,36,40)/t26-,27-/m0/s1. The predicted octanol–water partition coefficient (Wildman–Crippen LogP) is 2.05. The first-order valence-electron chi connectivity index (χ1n) is 13.9. The van der Waals surface area contributed by atoms with Crippen molar-refractivity contribution in [1.29, 1.82) is 0 Å². The molecule has 0 aliphatic carbocycles. The number of hydrogen-bond donors (Lipinski definition) is 4. The van der Waals surface area contributed by atoms with Crippen LogP contribution in [0.15, 0.2) is 91.0 Å². The Labute approximate surface area is 250 Å². The van der Waals surface area contributed by atoms with Crippen molar-refractivity contribution < 1.29 is 33.4 Å². The largest absolute Gasteiger partial charge is 0.465 e. The number of carbonyl (C=O) groups is 5. The zero-order chi connectivity index (χ0) is 30.9. The summed E-state index contributed by atoms with van der Waals surface area (Å²) in [5.41, 5.74) is 2.34. The van der Waals surface area contributed by atoms with Gasteiger partial charge in [0.05, 0.1) is 6.61 Å². The number of carbonyl (C=O) groups excluding carboxylic acids is 5. The number of hydrogen-bond acceptors (Lipinski definition) is 7. The van der Waals surface area contributed by atoms with Gasteiger partial charge in [0.2, 0.25) is 17.7 Å². The van der Waals surface area contributed by atoms with Crippen molar-refractivity contribution >= 4 is 29.8 Å². The Morgan fingerprint density at radius 1 is 0.605 bits per heavy atom. The van der Waals surface area contributed by atoms with Gasteiger partial charge < -0.3 is 30.7 Å². The van der Waals surface area contributed by atoms with Crippen LogP contribution in [0.2, 0.25) is 0 Å². The molecule has 3 aromatic rings. The summed E-state index contributed by atoms with van der Waals surface area (Å²) < 4.78 is 10.0. The van der Waals surface area contributed by atoms with Crippen molar-refractivity contribution in [2.24, 2.45) is 0 Å². The minimum Gasteiger partial charge on any atom is -0.465 e. The number of ether oxygens (including phenoxy) is 2. The maximum Gasteiger partial charge on any atom is 0.407 e. The lowest BCUT2D eigenvalue weighted by Gasteiger charge is -2.23. The Balaban J connectivity index is 1.66. The second-order valence-corrected chi connectivity index (χ2v) is 9.50. The SMILES string of the molecule is CCOC(=O)CNC(=O)[C@H](Cc1ccccc1)NC(=O)[C@H](Cc1ccccc1)NC(=O)CNC(=O)OCc1ccccc1. The minimum atomic E-state index is -1.08. The molecule has 0 aliphatic heterocycles. The number of benzene rings is 3. The predicted molar refractivity (Wildman–Crippen MR) is 158 cm³/mol. The maximum atomic E-state index is 13.5. The molecule has 11 heteroatoms. The number of rotatable bonds is 15. The van der Waals surface area contributed by atoms with E-state index in [0.717, 1.165) is 16.7 Å². The third-order valence-corrected chi connectivity index (χ3v) is 6.17. The molecule has 0 radical (unpaired) electrons. The third kappa shape index (κ3) is 12.1. The number of esters is 1. The van der Waals surface area contributed by atoms with Gasteiger partial charge in [-0.1, -0.05) is 91.0 Å². The fraction of sp³-hybridized carbons (Fsp3) is 0.281. The molecule has 0 aromatic heterocycles. The van der Waals surface area contributed by atoms with Crippen LogP contribution in [-0.4, -0.2) is 61.6 Å². The summed E-state index contributed by atoms with van der Waals surface area (Å²) in [4.78, 5) is 63.3. The molecule has 4 N–H and O–H groups in total. The Morgan fingerprint density at radius 3 is 1.65 bits per heavy atom. The van der Waals surface area contributed by atoms with E-state index in [0.29, 0.717) is 0 Å². The van der Waals surface area contributed by atoms with Crippen LogP contribution in [0, 0.1) is 0 Å². The Bertz CT molecular complexity index is 1340. The highest BCUT2D eigenvalue weighted by atomic mass is 16.5. The molecule has 226 valence electrons. The van der Waals surface area contributed by atoms with Gasteiger partial charge in [0.15, 0.2) is 0 Å². The highest BCUT2D eigenvalue weighted by molar-refractivity contribution is 5.94. The van der Waals surface area contributed by atoms with Crippen molar-refractivity contribution in [3.63, 3.8) is 0 Å². The fourth-order valence-electron chi connectivity index (χ4n) is 4.06. The average molecular weight is 589 g/mol. The van der Waals surface area contributed by atoms with Gasteiger partial charge in [-0.25, -0.2) is 4.79 Å². The summed E-state index contributed by atoms with van der Waals surface area (Å²) in [6, 6.07) is 25.0. The molecule has 0 spiro atoms. The van der Waals surface area contributed by atoms with Gasteiger partial charge in [0, 0.05) is 12.8 Å². The molecular formula is C32H36N4O7. The van der Waals surface area contributed by atoms with E-state index in [1.807, 2.05) is 42.5 Å². The van der Waals surface area contributed by atoms with Crippen LogP contribution in [0.25, 0.3) is 0 Å². The fourth-order valence-corrected chi connectivity index (χ4v) is 4.06. The highest BCUT2D eigenvalue weighted by Gasteiger charge is 2.28. The Hall–Kier alpha value is -5.19. The molecule has 4 amide bonds. The topological polar surface area (TPSA) is 152 Å². The molecule has 0 aliphatic rings. The first-order valence-corrected chi connectivity index (χ1v) is 13.9. The summed E-state index contributed by atoms with van der Waals surface area (Å²) in [7, 11) is 0. The van der Waals surface area contributed by atoms with Crippen molar-refractivity contribution in [1.82, 2.24) is 21.3 Å². The molecule has 2 atom stereocenters. The summed E-state index contributed by atoms with van der Waals surface area (Å²) in [6.45, 7) is 1.07. The smallest absolute Gasteiger partial charge is 0.407 e. The van der Waals surface area contributed by atoms with Gasteiger partial charge >= 0.3 is 12.1 Å². The van der Waals surface area contributed by atoms with Crippen molar-refractivity contribution in [2.75, 3.05) is 19.7 Å². The lowest BCUT2D eigenvalue weighted by atomic mass is 10.0. The molecule has 3 rings (SSSR count). The zero-order valence-corrected chi connectivity index (χ0v) is 23.9. The van der Waals surface area contributed by atoms with Crippen LogP contribution in [0.4, 0.5) is 4.79 Å². The van der Waals surface area contributed by atoms with E-state index in [2.05, 4.69) is 21.3 Å². The third-order valence-electron chi connectivity index (χ3n) is 6.17. The van der Waals surface area contributed by atoms with Crippen LogP contribution >= 0.6 is 0 Å². The van der Waals surface area contributed by atoms with Crippen molar-refractivity contribution in [3.05, 3.63) is 108 Å². The van der Waals surface area contributed by atoms with E-state index in [-0.39, 0.29) is 32.6 Å². The van der Waals surface area contributed by atoms with Gasteiger partial charge in [-0.05, 0) is 23.6 Å². The van der Waals surface area contributed by atoms with Gasteiger partial charge in [0.1, 0.15) is 31.8 Å². The van der Waals surface area contributed by atoms with E-state index in [9.17, 15) is 24.0 Å². The molecule has 11 nitrogen and oxygen atoms in total. The molecule has 0 fully saturated rings. The molecule has 0 heterocycles. The molecule has 3 aromatic carbocycles. The average Bonchev–Trinajstić information content (AvgIpc) is 3.02. The van der Waals surface area contributed by atoms with E-state index >= 15 is 0 Å². The van der Waals surface area contributed by atoms with Gasteiger partial charge in [0.25, 0.3) is 0 Å². The normalized spacial score (nSPS) is 11.7. The number of amides is 4. The lowest BCUT2D eigenvalue weighted by Crippen LogP contribution is -2.56. The van der Waals surface area contributed by atoms with Crippen LogP contribution in [0.5, 0.6) is 0 Å². The Morgan fingerprint density at radius 2 is 1.12 bits per heavy atom. The summed E-state index contributed by atoms with van der Waals surface area (Å²) in [5.74, 6) is -2.43. The maximum absolute atomic E-state index is 13.5. The number of alkyl carbamates (subject to hydrolysis) is 1. The van der Waals surface area contributed by atoms with E-state index in [1.165, 1.54) is 0 Å². The summed E-state index contributed by atoms with van der Waals surface area (Å²) in [6.07, 6.45) is -0.522. The minimum absolute atomic E-state index is 0.0361. The quantitative estimate of drug-likeness (QED) is 0.198. The van der Waals surface area contributed by atoms with E-state index in [4.69, 9.17) is 9.47 Å². The van der Waals surface area contributed by atoms with E-state index in [1.54, 1.807) is 55.5 Å². The zero-order valence-electron chi connectivity index (χ0n) is 23.9. The summed E-state index contributed by atoms with van der Waals surface area (Å²) >= 11 is 0. The first-order chi connectivity index (χ1) is 20.8. The molecule has 0 unspecified atom stereocenters. The van der Waals surface area contributed by atoms with E-state index < -0.39 is 48.4 Å². The second kappa shape index (κ2) is 17.6. The van der Waals surface area contributed by atoms with Gasteiger partial charge in [-0.2, -0.15) is 0 Å². The lowest BCUT2D eigenvalue weighted by molar-refractivity contribution is -0.143. The molecule has 0 saturated heterocycles. The van der Waals surface area contributed by atoms with Crippen molar-refractivity contribution in [2.45, 2.75) is 38.5 Å². The van der Waals surface area contributed by atoms with Crippen LogP contribution < -0.4 is 21.3 Å². The molecule has 43 heavy (non-hydrogen) atoms. The molecule has 0 bridgehead atoms. The Kier molecular flexibility index (Phi) is 13.2. The summed E-state index contributed by atoms with van der Waals surface area (Å²) in [5, 5.41) is 10.2. The second-order valence-electron chi connectivity index (χ2n) is 9.50. The molecular weight excluding hydrogens is 552 g/mol. The highest BCUT2D eigenvalue weighted by Crippen LogP contribution is 2.07.